The summed E-state index contributed by atoms with van der Waals surface area (Å²) in [6, 6.07) is 15.6. The summed E-state index contributed by atoms with van der Waals surface area (Å²) in [5.74, 6) is 0.844. The van der Waals surface area contributed by atoms with E-state index in [1.807, 2.05) is 31.2 Å². The van der Waals surface area contributed by atoms with E-state index in [4.69, 9.17) is 14.6 Å². The van der Waals surface area contributed by atoms with Crippen molar-refractivity contribution in [3.8, 4) is 22.8 Å². The number of alkyl halides is 3. The summed E-state index contributed by atoms with van der Waals surface area (Å²) in [5.41, 5.74) is 7.00. The van der Waals surface area contributed by atoms with Gasteiger partial charge in [-0.25, -0.2) is 0 Å². The van der Waals surface area contributed by atoms with Crippen LogP contribution in [0.15, 0.2) is 60.7 Å². The van der Waals surface area contributed by atoms with Crippen molar-refractivity contribution in [3.63, 3.8) is 0 Å². The van der Waals surface area contributed by atoms with Gasteiger partial charge in [-0.1, -0.05) is 0 Å². The van der Waals surface area contributed by atoms with Crippen LogP contribution in [0.5, 0.6) is 11.5 Å². The number of aromatic nitrogens is 1. The van der Waals surface area contributed by atoms with Gasteiger partial charge in [0.15, 0.2) is 0 Å². The monoisotopic (exact) mass is 418 g/mol. The largest absolute Gasteiger partial charge is 0.457 e. The molecule has 30 heavy (non-hydrogen) atoms. The summed E-state index contributed by atoms with van der Waals surface area (Å²) in [7, 11) is 0. The quantitative estimate of drug-likeness (QED) is 0.598. The number of carbonyl (C=O) groups is 1. The molecule has 0 radical (unpaired) electrons. The van der Waals surface area contributed by atoms with Gasteiger partial charge in [0, 0.05) is 17.9 Å². The number of rotatable bonds is 5. The average molecular weight is 418 g/mol. The maximum Gasteiger partial charge on any atom is 0.416 e. The summed E-state index contributed by atoms with van der Waals surface area (Å²) in [5, 5.41) is 9.11. The lowest BCUT2D eigenvalue weighted by Crippen LogP contribution is -2.03. The second kappa shape index (κ2) is 10.4. The number of aryl methyl sites for hydroxylation is 1. The molecule has 0 aliphatic rings. The predicted molar refractivity (Wildman–Crippen MR) is 107 cm³/mol. The average Bonchev–Trinajstić information content (AvgIpc) is 2.69. The number of halogens is 3. The minimum atomic E-state index is -4.37. The van der Waals surface area contributed by atoms with E-state index in [-0.39, 0.29) is 13.0 Å². The Hall–Kier alpha value is -3.39. The van der Waals surface area contributed by atoms with Gasteiger partial charge in [-0.2, -0.15) is 13.2 Å². The minimum Gasteiger partial charge on any atom is -0.457 e. The van der Waals surface area contributed by atoms with E-state index in [0.29, 0.717) is 17.9 Å². The van der Waals surface area contributed by atoms with Crippen LogP contribution in [0.3, 0.4) is 0 Å². The standard InChI is InChI=1S/C21H18F3NO2.CH3NO/c1-14-12-15(10-11-26)13-20(25-14)16-2-6-18(7-3-16)27-19-8-4-17(5-9-19)21(22,23)24;2-1-3/h2-9,12-13,26H,10-11H2,1H3;1H,(H2,2,3). The highest BCUT2D eigenvalue weighted by Gasteiger charge is 2.30. The number of aliphatic hydroxyl groups excluding tert-OH is 1. The fraction of sp³-hybridized carbons (Fsp3) is 0.182. The highest BCUT2D eigenvalue weighted by molar-refractivity contribution is 5.61. The molecular formula is C22H21F3N2O3. The number of amides is 1. The number of nitrogens with two attached hydrogens (primary N) is 1. The molecule has 2 aromatic carbocycles. The second-order valence-electron chi connectivity index (χ2n) is 6.26. The van der Waals surface area contributed by atoms with Crippen LogP contribution in [0.1, 0.15) is 16.8 Å². The molecule has 0 aliphatic heterocycles. The molecule has 0 unspecified atom stereocenters. The number of aliphatic hydroxyl groups is 1. The van der Waals surface area contributed by atoms with Crippen molar-refractivity contribution >= 4 is 6.41 Å². The van der Waals surface area contributed by atoms with Gasteiger partial charge in [0.2, 0.25) is 6.41 Å². The first-order chi connectivity index (χ1) is 14.3. The molecule has 3 N–H and O–H groups in total. The maximum absolute atomic E-state index is 12.6. The van der Waals surface area contributed by atoms with Crippen molar-refractivity contribution in [1.29, 1.82) is 0 Å². The van der Waals surface area contributed by atoms with Gasteiger partial charge in [0.1, 0.15) is 11.5 Å². The third-order valence-corrected chi connectivity index (χ3v) is 3.98. The summed E-state index contributed by atoms with van der Waals surface area (Å²) in [4.78, 5) is 13.1. The fourth-order valence-corrected chi connectivity index (χ4v) is 2.70. The number of pyridine rings is 1. The zero-order chi connectivity index (χ0) is 22.1. The Morgan fingerprint density at radius 1 is 1.03 bits per heavy atom. The van der Waals surface area contributed by atoms with Crippen molar-refractivity contribution < 1.29 is 27.8 Å². The molecular weight excluding hydrogens is 397 g/mol. The third kappa shape index (κ3) is 6.59. The normalized spacial score (nSPS) is 10.7. The molecule has 8 heteroatoms. The first kappa shape index (κ1) is 22.9. The van der Waals surface area contributed by atoms with Gasteiger partial charge in [0.05, 0.1) is 11.3 Å². The lowest BCUT2D eigenvalue weighted by molar-refractivity contribution is -0.137. The Balaban J connectivity index is 0.00000101. The predicted octanol–water partition coefficient (Wildman–Crippen LogP) is 4.50. The number of hydrogen-bond donors (Lipinski definition) is 2. The van der Waals surface area contributed by atoms with Crippen LogP contribution in [0.25, 0.3) is 11.3 Å². The third-order valence-electron chi connectivity index (χ3n) is 3.98. The van der Waals surface area contributed by atoms with Crippen LogP contribution >= 0.6 is 0 Å². The van der Waals surface area contributed by atoms with E-state index in [0.717, 1.165) is 34.6 Å². The number of hydrogen-bond acceptors (Lipinski definition) is 4. The van der Waals surface area contributed by atoms with Gasteiger partial charge < -0.3 is 15.6 Å². The molecule has 0 fully saturated rings. The molecule has 158 valence electrons. The van der Waals surface area contributed by atoms with Crippen LogP contribution in [-0.2, 0) is 17.4 Å². The van der Waals surface area contributed by atoms with Crippen molar-refractivity contribution in [1.82, 2.24) is 4.98 Å². The Morgan fingerprint density at radius 2 is 1.57 bits per heavy atom. The molecule has 5 nitrogen and oxygen atoms in total. The molecule has 1 heterocycles. The smallest absolute Gasteiger partial charge is 0.416 e. The first-order valence-electron chi connectivity index (χ1n) is 8.96. The van der Waals surface area contributed by atoms with Crippen LogP contribution in [0, 0.1) is 6.92 Å². The van der Waals surface area contributed by atoms with Crippen molar-refractivity contribution in [2.24, 2.45) is 5.73 Å². The van der Waals surface area contributed by atoms with E-state index >= 15 is 0 Å². The Bertz CT molecular complexity index is 957. The topological polar surface area (TPSA) is 85.4 Å². The molecule has 1 amide bonds. The molecule has 3 aromatic rings. The SMILES string of the molecule is Cc1cc(CCO)cc(-c2ccc(Oc3ccc(C(F)(F)F)cc3)cc2)n1.NC=O. The number of primary amides is 1. The van der Waals surface area contributed by atoms with E-state index in [2.05, 4.69) is 10.7 Å². The summed E-state index contributed by atoms with van der Waals surface area (Å²) in [6.45, 7) is 1.97. The van der Waals surface area contributed by atoms with E-state index in [1.54, 1.807) is 12.1 Å². The Labute approximate surface area is 172 Å². The second-order valence-corrected chi connectivity index (χ2v) is 6.26. The van der Waals surface area contributed by atoms with Gasteiger partial charge >= 0.3 is 6.18 Å². The van der Waals surface area contributed by atoms with Crippen LogP contribution in [0.2, 0.25) is 0 Å². The lowest BCUT2D eigenvalue weighted by atomic mass is 10.1. The zero-order valence-corrected chi connectivity index (χ0v) is 16.2. The van der Waals surface area contributed by atoms with Gasteiger partial charge in [-0.15, -0.1) is 0 Å². The summed E-state index contributed by atoms with van der Waals surface area (Å²) in [6.07, 6.45) is -3.55. The van der Waals surface area contributed by atoms with Crippen molar-refractivity contribution in [2.75, 3.05) is 6.61 Å². The lowest BCUT2D eigenvalue weighted by Gasteiger charge is -2.10. The number of benzene rings is 2. The summed E-state index contributed by atoms with van der Waals surface area (Å²) < 4.78 is 43.4. The molecule has 3 rings (SSSR count). The van der Waals surface area contributed by atoms with Gasteiger partial charge in [-0.3, -0.25) is 9.78 Å². The molecule has 0 atom stereocenters. The Kier molecular flexibility index (Phi) is 7.94. The molecule has 0 spiro atoms. The van der Waals surface area contributed by atoms with Crippen LogP contribution in [0.4, 0.5) is 13.2 Å². The van der Waals surface area contributed by atoms with Gasteiger partial charge in [-0.05, 0) is 79.6 Å². The molecule has 1 aromatic heterocycles. The zero-order valence-electron chi connectivity index (χ0n) is 16.2. The fourth-order valence-electron chi connectivity index (χ4n) is 2.70. The van der Waals surface area contributed by atoms with E-state index in [9.17, 15) is 13.2 Å². The summed E-state index contributed by atoms with van der Waals surface area (Å²) >= 11 is 0. The molecule has 0 bridgehead atoms. The van der Waals surface area contributed by atoms with E-state index < -0.39 is 11.7 Å². The highest BCUT2D eigenvalue weighted by Crippen LogP contribution is 2.32. The molecule has 0 saturated heterocycles. The van der Waals surface area contributed by atoms with Crippen LogP contribution < -0.4 is 10.5 Å². The maximum atomic E-state index is 12.6. The number of ether oxygens (including phenoxy) is 1. The molecule has 0 aliphatic carbocycles. The van der Waals surface area contributed by atoms with Crippen molar-refractivity contribution in [2.45, 2.75) is 19.5 Å². The van der Waals surface area contributed by atoms with Crippen molar-refractivity contribution in [3.05, 3.63) is 77.5 Å². The van der Waals surface area contributed by atoms with Gasteiger partial charge in [0.25, 0.3) is 0 Å². The number of nitrogens with zero attached hydrogens (tertiary/aromatic N) is 1. The first-order valence-corrected chi connectivity index (χ1v) is 8.96. The Morgan fingerprint density at radius 3 is 2.07 bits per heavy atom. The highest BCUT2D eigenvalue weighted by atomic mass is 19.4. The van der Waals surface area contributed by atoms with E-state index in [1.165, 1.54) is 12.1 Å². The number of carbonyl (C=O) groups excluding carboxylic acids is 1. The van der Waals surface area contributed by atoms with Crippen LogP contribution in [-0.4, -0.2) is 23.1 Å². The minimum absolute atomic E-state index is 0.0722. The molecule has 0 saturated carbocycles.